The van der Waals surface area contributed by atoms with Crippen LogP contribution in [0, 0.1) is 12.8 Å². The van der Waals surface area contributed by atoms with E-state index in [0.29, 0.717) is 5.92 Å². The van der Waals surface area contributed by atoms with Gasteiger partial charge in [0.05, 0.1) is 11.9 Å². The van der Waals surface area contributed by atoms with Crippen LogP contribution in [-0.2, 0) is 0 Å². The predicted octanol–water partition coefficient (Wildman–Crippen LogP) is 1.28. The van der Waals surface area contributed by atoms with E-state index in [1.54, 1.807) is 0 Å². The lowest BCUT2D eigenvalue weighted by Gasteiger charge is -2.23. The number of aromatic nitrogens is 2. The molecule has 0 saturated heterocycles. The van der Waals surface area contributed by atoms with E-state index in [4.69, 9.17) is 5.73 Å². The zero-order chi connectivity index (χ0) is 11.4. The van der Waals surface area contributed by atoms with Crippen LogP contribution in [0.3, 0.4) is 0 Å². The van der Waals surface area contributed by atoms with Gasteiger partial charge in [0.15, 0.2) is 4.34 Å². The van der Waals surface area contributed by atoms with E-state index in [-0.39, 0.29) is 17.9 Å². The second kappa shape index (κ2) is 5.79. The van der Waals surface area contributed by atoms with Crippen molar-refractivity contribution in [2.24, 2.45) is 11.7 Å². The smallest absolute Gasteiger partial charge is 0.174 e. The molecule has 0 aromatic carbocycles. The first-order chi connectivity index (χ1) is 7.04. The highest BCUT2D eigenvalue weighted by Gasteiger charge is 2.22. The van der Waals surface area contributed by atoms with Crippen molar-refractivity contribution in [1.29, 1.82) is 0 Å². The van der Waals surface area contributed by atoms with Gasteiger partial charge in [-0.15, -0.1) is 10.2 Å². The van der Waals surface area contributed by atoms with Crippen molar-refractivity contribution < 1.29 is 5.11 Å². The molecule has 6 heteroatoms. The number of hydrogen-bond donors (Lipinski definition) is 2. The molecule has 0 bridgehead atoms. The van der Waals surface area contributed by atoms with Crippen LogP contribution < -0.4 is 5.73 Å². The van der Waals surface area contributed by atoms with Gasteiger partial charge in [0.1, 0.15) is 5.01 Å². The maximum atomic E-state index is 9.27. The molecule has 1 aromatic heterocycles. The molecular formula is C9H17N3OS2. The van der Waals surface area contributed by atoms with Crippen molar-refractivity contribution >= 4 is 23.1 Å². The highest BCUT2D eigenvalue weighted by molar-refractivity contribution is 8.01. The molecule has 0 radical (unpaired) electrons. The summed E-state index contributed by atoms with van der Waals surface area (Å²) in [7, 11) is 0. The first kappa shape index (κ1) is 12.9. The van der Waals surface area contributed by atoms with Crippen molar-refractivity contribution in [2.45, 2.75) is 36.4 Å². The highest BCUT2D eigenvalue weighted by Crippen LogP contribution is 2.29. The van der Waals surface area contributed by atoms with E-state index in [1.165, 1.54) is 23.1 Å². The molecule has 86 valence electrons. The molecule has 1 rings (SSSR count). The third-order valence-corrected chi connectivity index (χ3v) is 4.36. The zero-order valence-electron chi connectivity index (χ0n) is 9.17. The Labute approximate surface area is 98.3 Å². The van der Waals surface area contributed by atoms with Crippen LogP contribution in [0.4, 0.5) is 0 Å². The van der Waals surface area contributed by atoms with Crippen LogP contribution in [-0.4, -0.2) is 33.2 Å². The number of thioether (sulfide) groups is 1. The van der Waals surface area contributed by atoms with Gasteiger partial charge in [0.25, 0.3) is 0 Å². The number of rotatable bonds is 5. The lowest BCUT2D eigenvalue weighted by atomic mass is 10.0. The summed E-state index contributed by atoms with van der Waals surface area (Å²) < 4.78 is 0.877. The molecule has 0 aliphatic heterocycles. The lowest BCUT2D eigenvalue weighted by molar-refractivity contribution is 0.269. The van der Waals surface area contributed by atoms with Gasteiger partial charge in [-0.2, -0.15) is 0 Å². The predicted molar refractivity (Wildman–Crippen MR) is 64.2 cm³/mol. The van der Waals surface area contributed by atoms with Crippen molar-refractivity contribution in [1.82, 2.24) is 10.2 Å². The Kier molecular flexibility index (Phi) is 4.98. The van der Waals surface area contributed by atoms with E-state index >= 15 is 0 Å². The van der Waals surface area contributed by atoms with E-state index < -0.39 is 0 Å². The summed E-state index contributed by atoms with van der Waals surface area (Å²) in [6.45, 7) is 6.10. The Bertz CT molecular complexity index is 303. The van der Waals surface area contributed by atoms with Gasteiger partial charge in [-0.05, 0) is 12.8 Å². The summed E-state index contributed by atoms with van der Waals surface area (Å²) in [5.41, 5.74) is 6.00. The third-order valence-electron chi connectivity index (χ3n) is 2.14. The molecule has 1 aromatic rings. The van der Waals surface area contributed by atoms with Crippen LogP contribution in [0.1, 0.15) is 18.9 Å². The largest absolute Gasteiger partial charge is 0.395 e. The molecule has 0 saturated carbocycles. The molecule has 0 aliphatic rings. The van der Waals surface area contributed by atoms with Crippen molar-refractivity contribution in [3.63, 3.8) is 0 Å². The van der Waals surface area contributed by atoms with Crippen molar-refractivity contribution in [3.05, 3.63) is 5.01 Å². The fraction of sp³-hybridized carbons (Fsp3) is 0.778. The minimum atomic E-state index is -0.0239. The Balaban J connectivity index is 2.61. The van der Waals surface area contributed by atoms with Crippen LogP contribution in [0.5, 0.6) is 0 Å². The van der Waals surface area contributed by atoms with Crippen molar-refractivity contribution in [2.75, 3.05) is 6.61 Å². The molecule has 0 spiro atoms. The first-order valence-electron chi connectivity index (χ1n) is 4.87. The summed E-state index contributed by atoms with van der Waals surface area (Å²) in [6, 6.07) is -0.0239. The van der Waals surface area contributed by atoms with E-state index in [0.717, 1.165) is 9.35 Å². The van der Waals surface area contributed by atoms with Gasteiger partial charge in [-0.3, -0.25) is 0 Å². The number of aryl methyl sites for hydroxylation is 1. The molecule has 0 fully saturated rings. The summed E-state index contributed by atoms with van der Waals surface area (Å²) in [5.74, 6) is 0.351. The minimum Gasteiger partial charge on any atom is -0.395 e. The Morgan fingerprint density at radius 1 is 1.47 bits per heavy atom. The molecule has 3 N–H and O–H groups in total. The summed E-state index contributed by atoms with van der Waals surface area (Å²) in [5, 5.41) is 18.1. The molecule has 15 heavy (non-hydrogen) atoms. The van der Waals surface area contributed by atoms with Crippen LogP contribution in [0.25, 0.3) is 0 Å². The Morgan fingerprint density at radius 3 is 2.53 bits per heavy atom. The number of hydrogen-bond acceptors (Lipinski definition) is 6. The zero-order valence-corrected chi connectivity index (χ0v) is 10.8. The lowest BCUT2D eigenvalue weighted by Crippen LogP contribution is -2.39. The fourth-order valence-electron chi connectivity index (χ4n) is 1.12. The number of aliphatic hydroxyl groups is 1. The monoisotopic (exact) mass is 247 g/mol. The average Bonchev–Trinajstić information content (AvgIpc) is 2.59. The van der Waals surface area contributed by atoms with Crippen molar-refractivity contribution in [3.8, 4) is 0 Å². The van der Waals surface area contributed by atoms with Gasteiger partial charge in [-0.1, -0.05) is 36.9 Å². The Morgan fingerprint density at radius 2 is 2.13 bits per heavy atom. The van der Waals surface area contributed by atoms with Crippen LogP contribution in [0.2, 0.25) is 0 Å². The summed E-state index contributed by atoms with van der Waals surface area (Å²) in [4.78, 5) is 0. The van der Waals surface area contributed by atoms with E-state index in [2.05, 4.69) is 24.0 Å². The van der Waals surface area contributed by atoms with Crippen LogP contribution >= 0.6 is 23.1 Å². The molecular weight excluding hydrogens is 230 g/mol. The topological polar surface area (TPSA) is 72.0 Å². The normalized spacial score (nSPS) is 15.6. The summed E-state index contributed by atoms with van der Waals surface area (Å²) in [6.07, 6.45) is 0. The van der Waals surface area contributed by atoms with Crippen LogP contribution in [0.15, 0.2) is 4.34 Å². The maximum absolute atomic E-state index is 9.27. The molecule has 1 heterocycles. The standard InChI is InChI=1S/C9H17N3OS2/c1-5(2)8(10)7(4-13)15-9-12-11-6(3)14-9/h5,7-8,13H,4,10H2,1-3H3. The SMILES string of the molecule is Cc1nnc(SC(CO)C(N)C(C)C)s1. The Hall–Kier alpha value is -0.170. The van der Waals surface area contributed by atoms with Gasteiger partial charge >= 0.3 is 0 Å². The molecule has 0 aliphatic carbocycles. The number of nitrogens with zero attached hydrogens (tertiary/aromatic N) is 2. The quantitative estimate of drug-likeness (QED) is 0.767. The average molecular weight is 247 g/mol. The second-order valence-corrected chi connectivity index (χ2v) is 6.42. The molecule has 2 atom stereocenters. The maximum Gasteiger partial charge on any atom is 0.174 e. The number of nitrogens with two attached hydrogens (primary N) is 1. The van der Waals surface area contributed by atoms with Gasteiger partial charge in [0.2, 0.25) is 0 Å². The molecule has 0 amide bonds. The van der Waals surface area contributed by atoms with Gasteiger partial charge < -0.3 is 10.8 Å². The van der Waals surface area contributed by atoms with Gasteiger partial charge in [-0.25, -0.2) is 0 Å². The van der Waals surface area contributed by atoms with E-state index in [9.17, 15) is 5.11 Å². The third kappa shape index (κ3) is 3.71. The van der Waals surface area contributed by atoms with E-state index in [1.807, 2.05) is 6.92 Å². The molecule has 4 nitrogen and oxygen atoms in total. The fourth-order valence-corrected chi connectivity index (χ4v) is 3.36. The summed E-state index contributed by atoms with van der Waals surface area (Å²) >= 11 is 3.05. The highest BCUT2D eigenvalue weighted by atomic mass is 32.2. The minimum absolute atomic E-state index is 0.00245. The molecule has 2 unspecified atom stereocenters. The number of aliphatic hydroxyl groups excluding tert-OH is 1. The second-order valence-electron chi connectivity index (χ2n) is 3.75. The van der Waals surface area contributed by atoms with Gasteiger partial charge in [0, 0.05) is 6.04 Å². The first-order valence-corrected chi connectivity index (χ1v) is 6.57.